The number of carbonyl (C=O) groups is 1. The Morgan fingerprint density at radius 2 is 2.00 bits per heavy atom. The first-order valence-corrected chi connectivity index (χ1v) is 6.95. The SMILES string of the molecule is CC(=O)N[C@@H](CN1CCC(N)CC1)c1ccccc1. The predicted molar refractivity (Wildman–Crippen MR) is 76.6 cm³/mol. The van der Waals surface area contributed by atoms with E-state index in [9.17, 15) is 4.79 Å². The highest BCUT2D eigenvalue weighted by Gasteiger charge is 2.21. The van der Waals surface area contributed by atoms with Gasteiger partial charge in [0.05, 0.1) is 6.04 Å². The molecule has 0 aliphatic carbocycles. The first-order chi connectivity index (χ1) is 9.15. The fourth-order valence-corrected chi connectivity index (χ4v) is 2.56. The maximum Gasteiger partial charge on any atom is 0.217 e. The number of hydrogen-bond donors (Lipinski definition) is 2. The Bertz CT molecular complexity index is 399. The Labute approximate surface area is 115 Å². The van der Waals surface area contributed by atoms with Gasteiger partial charge in [0.2, 0.25) is 5.91 Å². The number of benzene rings is 1. The van der Waals surface area contributed by atoms with Crippen molar-refractivity contribution in [2.75, 3.05) is 19.6 Å². The van der Waals surface area contributed by atoms with Crippen LogP contribution in [0.5, 0.6) is 0 Å². The van der Waals surface area contributed by atoms with Crippen LogP contribution in [0.3, 0.4) is 0 Å². The average Bonchev–Trinajstić information content (AvgIpc) is 2.41. The van der Waals surface area contributed by atoms with Gasteiger partial charge < -0.3 is 16.0 Å². The molecule has 0 spiro atoms. The van der Waals surface area contributed by atoms with Crippen LogP contribution in [0.1, 0.15) is 31.4 Å². The fraction of sp³-hybridized carbons (Fsp3) is 0.533. The van der Waals surface area contributed by atoms with Crippen molar-refractivity contribution < 1.29 is 4.79 Å². The van der Waals surface area contributed by atoms with Gasteiger partial charge in [-0.05, 0) is 31.5 Å². The van der Waals surface area contributed by atoms with Gasteiger partial charge in [0.1, 0.15) is 0 Å². The molecule has 0 aromatic heterocycles. The molecule has 1 aromatic carbocycles. The molecule has 3 N–H and O–H groups in total. The van der Waals surface area contributed by atoms with Crippen molar-refractivity contribution in [1.29, 1.82) is 0 Å². The molecule has 1 aliphatic heterocycles. The minimum absolute atomic E-state index is 0.0163. The summed E-state index contributed by atoms with van der Waals surface area (Å²) in [6.45, 7) is 4.46. The average molecular weight is 261 g/mol. The normalized spacial score (nSPS) is 19.1. The van der Waals surface area contributed by atoms with Crippen molar-refractivity contribution >= 4 is 5.91 Å². The van der Waals surface area contributed by atoms with E-state index in [-0.39, 0.29) is 11.9 Å². The number of carbonyl (C=O) groups excluding carboxylic acids is 1. The van der Waals surface area contributed by atoms with Gasteiger partial charge >= 0.3 is 0 Å². The molecule has 1 saturated heterocycles. The van der Waals surface area contributed by atoms with Gasteiger partial charge in [-0.25, -0.2) is 0 Å². The number of rotatable bonds is 4. The molecule has 4 nitrogen and oxygen atoms in total. The van der Waals surface area contributed by atoms with Gasteiger partial charge in [0.15, 0.2) is 0 Å². The van der Waals surface area contributed by atoms with Crippen LogP contribution in [0, 0.1) is 0 Å². The van der Waals surface area contributed by atoms with Gasteiger partial charge in [0.25, 0.3) is 0 Å². The van der Waals surface area contributed by atoms with Crippen LogP contribution in [0.4, 0.5) is 0 Å². The summed E-state index contributed by atoms with van der Waals surface area (Å²) in [6, 6.07) is 10.5. The van der Waals surface area contributed by atoms with Crippen LogP contribution in [-0.2, 0) is 4.79 Å². The molecule has 1 aromatic rings. The molecule has 104 valence electrons. The lowest BCUT2D eigenvalue weighted by Crippen LogP contribution is -2.44. The summed E-state index contributed by atoms with van der Waals surface area (Å²) in [6.07, 6.45) is 2.09. The van der Waals surface area contributed by atoms with E-state index < -0.39 is 0 Å². The Morgan fingerprint density at radius 1 is 1.37 bits per heavy atom. The zero-order chi connectivity index (χ0) is 13.7. The molecule has 1 aliphatic rings. The highest BCUT2D eigenvalue weighted by atomic mass is 16.1. The second-order valence-corrected chi connectivity index (χ2v) is 5.30. The summed E-state index contributed by atoms with van der Waals surface area (Å²) < 4.78 is 0. The topological polar surface area (TPSA) is 58.4 Å². The lowest BCUT2D eigenvalue weighted by molar-refractivity contribution is -0.119. The van der Waals surface area contributed by atoms with E-state index >= 15 is 0 Å². The van der Waals surface area contributed by atoms with Crippen molar-refractivity contribution in [3.63, 3.8) is 0 Å². The smallest absolute Gasteiger partial charge is 0.217 e. The molecule has 19 heavy (non-hydrogen) atoms. The van der Waals surface area contributed by atoms with Crippen molar-refractivity contribution in [2.45, 2.75) is 31.8 Å². The summed E-state index contributed by atoms with van der Waals surface area (Å²) in [5.41, 5.74) is 7.08. The zero-order valence-electron chi connectivity index (χ0n) is 11.5. The fourth-order valence-electron chi connectivity index (χ4n) is 2.56. The van der Waals surface area contributed by atoms with Gasteiger partial charge in [-0.3, -0.25) is 4.79 Å². The molecule has 1 fully saturated rings. The number of nitrogens with two attached hydrogens (primary N) is 1. The Morgan fingerprint density at radius 3 is 2.58 bits per heavy atom. The molecule has 0 saturated carbocycles. The van der Waals surface area contributed by atoms with E-state index in [1.165, 1.54) is 0 Å². The molecule has 4 heteroatoms. The molecule has 0 radical (unpaired) electrons. The second kappa shape index (κ2) is 6.68. The number of piperidine rings is 1. The monoisotopic (exact) mass is 261 g/mol. The highest BCUT2D eigenvalue weighted by molar-refractivity contribution is 5.73. The summed E-state index contributed by atoms with van der Waals surface area (Å²) in [7, 11) is 0. The van der Waals surface area contributed by atoms with Crippen LogP contribution in [0.15, 0.2) is 30.3 Å². The van der Waals surface area contributed by atoms with Crippen LogP contribution < -0.4 is 11.1 Å². The van der Waals surface area contributed by atoms with Crippen LogP contribution in [-0.4, -0.2) is 36.5 Å². The first kappa shape index (κ1) is 14.0. The van der Waals surface area contributed by atoms with E-state index in [1.807, 2.05) is 18.2 Å². The third kappa shape index (κ3) is 4.33. The predicted octanol–water partition coefficient (Wildman–Crippen LogP) is 1.29. The van der Waals surface area contributed by atoms with Crippen LogP contribution >= 0.6 is 0 Å². The molecular formula is C15H23N3O. The van der Waals surface area contributed by atoms with E-state index in [2.05, 4.69) is 22.3 Å². The third-order valence-electron chi connectivity index (χ3n) is 3.65. The van der Waals surface area contributed by atoms with Crippen molar-refractivity contribution in [3.05, 3.63) is 35.9 Å². The molecule has 2 rings (SSSR count). The minimum atomic E-state index is 0.0163. The van der Waals surface area contributed by atoms with Crippen molar-refractivity contribution in [3.8, 4) is 0 Å². The summed E-state index contributed by atoms with van der Waals surface area (Å²) in [4.78, 5) is 13.8. The Hall–Kier alpha value is -1.39. The standard InChI is InChI=1S/C15H23N3O/c1-12(19)17-15(13-5-3-2-4-6-13)11-18-9-7-14(16)8-10-18/h2-6,14-15H,7-11,16H2,1H3,(H,17,19)/t15-/m0/s1. The van der Waals surface area contributed by atoms with Crippen LogP contribution in [0.2, 0.25) is 0 Å². The van der Waals surface area contributed by atoms with E-state index in [1.54, 1.807) is 6.92 Å². The molecule has 1 amide bonds. The molecule has 0 unspecified atom stereocenters. The highest BCUT2D eigenvalue weighted by Crippen LogP contribution is 2.17. The first-order valence-electron chi connectivity index (χ1n) is 6.95. The van der Waals surface area contributed by atoms with Crippen molar-refractivity contribution in [2.24, 2.45) is 5.73 Å². The summed E-state index contributed by atoms with van der Waals surface area (Å²) in [5, 5.41) is 3.04. The molecular weight excluding hydrogens is 238 g/mol. The van der Waals surface area contributed by atoms with Gasteiger partial charge in [0, 0.05) is 19.5 Å². The molecule has 0 bridgehead atoms. The zero-order valence-corrected chi connectivity index (χ0v) is 11.5. The van der Waals surface area contributed by atoms with Crippen LogP contribution in [0.25, 0.3) is 0 Å². The summed E-state index contributed by atoms with van der Waals surface area (Å²) >= 11 is 0. The quantitative estimate of drug-likeness (QED) is 0.858. The lowest BCUT2D eigenvalue weighted by atomic mass is 10.0. The van der Waals surface area contributed by atoms with E-state index in [0.717, 1.165) is 38.0 Å². The van der Waals surface area contributed by atoms with Crippen molar-refractivity contribution in [1.82, 2.24) is 10.2 Å². The molecule has 1 heterocycles. The number of amides is 1. The maximum atomic E-state index is 11.4. The number of nitrogens with one attached hydrogen (secondary N) is 1. The number of nitrogens with zero attached hydrogens (tertiary/aromatic N) is 1. The minimum Gasteiger partial charge on any atom is -0.348 e. The number of hydrogen-bond acceptors (Lipinski definition) is 3. The van der Waals surface area contributed by atoms with Gasteiger partial charge in [-0.15, -0.1) is 0 Å². The molecule has 1 atom stereocenters. The van der Waals surface area contributed by atoms with Gasteiger partial charge in [-0.1, -0.05) is 30.3 Å². The Kier molecular flexibility index (Phi) is 4.93. The maximum absolute atomic E-state index is 11.4. The van der Waals surface area contributed by atoms with Gasteiger partial charge in [-0.2, -0.15) is 0 Å². The Balaban J connectivity index is 2.00. The third-order valence-corrected chi connectivity index (χ3v) is 3.65. The largest absolute Gasteiger partial charge is 0.348 e. The number of likely N-dealkylation sites (tertiary alicyclic amines) is 1. The second-order valence-electron chi connectivity index (χ2n) is 5.30. The summed E-state index contributed by atoms with van der Waals surface area (Å²) in [5.74, 6) is 0.0163. The van der Waals surface area contributed by atoms with E-state index in [0.29, 0.717) is 6.04 Å². The van der Waals surface area contributed by atoms with E-state index in [4.69, 9.17) is 5.73 Å². The lowest BCUT2D eigenvalue weighted by Gasteiger charge is -2.33.